The van der Waals surface area contributed by atoms with E-state index in [4.69, 9.17) is 5.73 Å². The maximum atomic E-state index is 12.4. The van der Waals surface area contributed by atoms with Crippen LogP contribution in [0.25, 0.3) is 0 Å². The molecule has 0 saturated carbocycles. The number of amides is 4. The van der Waals surface area contributed by atoms with E-state index in [-0.39, 0.29) is 36.0 Å². The van der Waals surface area contributed by atoms with Gasteiger partial charge in [0.25, 0.3) is 0 Å². The molecule has 7 nitrogen and oxygen atoms in total. The molecule has 154 valence electrons. The molecule has 0 spiro atoms. The van der Waals surface area contributed by atoms with Gasteiger partial charge in [-0.2, -0.15) is 12.6 Å². The fraction of sp³-hybridized carbons (Fsp3) is 0.789. The quantitative estimate of drug-likeness (QED) is 0.331. The second-order valence-electron chi connectivity index (χ2n) is 8.20. The smallest absolute Gasteiger partial charge is 0.240 e. The molecule has 4 amide bonds. The molecule has 1 aliphatic heterocycles. The van der Waals surface area contributed by atoms with Crippen LogP contribution in [0.5, 0.6) is 0 Å². The average Bonchev–Trinajstić information content (AvgIpc) is 2.81. The van der Waals surface area contributed by atoms with Crippen LogP contribution in [0.15, 0.2) is 0 Å². The van der Waals surface area contributed by atoms with Gasteiger partial charge in [-0.15, -0.1) is 0 Å². The predicted molar refractivity (Wildman–Crippen MR) is 107 cm³/mol. The number of carbonyl (C=O) groups is 4. The summed E-state index contributed by atoms with van der Waals surface area (Å²) in [5.41, 5.74) is 5.38. The average molecular weight is 400 g/mol. The lowest BCUT2D eigenvalue weighted by molar-refractivity contribution is -0.140. The lowest BCUT2D eigenvalue weighted by Gasteiger charge is -2.28. The van der Waals surface area contributed by atoms with Gasteiger partial charge in [0.15, 0.2) is 0 Å². The third-order valence-electron chi connectivity index (χ3n) is 5.10. The molecule has 2 unspecified atom stereocenters. The van der Waals surface area contributed by atoms with Gasteiger partial charge in [0.2, 0.25) is 23.6 Å². The van der Waals surface area contributed by atoms with Crippen molar-refractivity contribution in [2.45, 2.75) is 70.6 Å². The number of likely N-dealkylation sites (tertiary alicyclic amines) is 1. The Morgan fingerprint density at radius 2 is 1.85 bits per heavy atom. The minimum atomic E-state index is -0.612. The molecule has 0 aromatic heterocycles. The Labute approximate surface area is 167 Å². The van der Waals surface area contributed by atoms with Crippen molar-refractivity contribution in [2.75, 3.05) is 13.6 Å². The van der Waals surface area contributed by atoms with Crippen LogP contribution in [0.4, 0.5) is 0 Å². The maximum absolute atomic E-state index is 12.4. The summed E-state index contributed by atoms with van der Waals surface area (Å²) < 4.78 is -0.522. The first-order valence-electron chi connectivity index (χ1n) is 9.49. The molecule has 0 aromatic carbocycles. The van der Waals surface area contributed by atoms with Crippen LogP contribution in [0.2, 0.25) is 0 Å². The largest absolute Gasteiger partial charge is 0.368 e. The molecule has 8 heteroatoms. The SMILES string of the molecule is CC(C)C(C(N)=O)N(C)C(=O)CCCCCN1C(=O)CC(C(C)(C)S)C1=O. The number of nitrogens with two attached hydrogens (primary N) is 1. The number of imide groups is 1. The van der Waals surface area contributed by atoms with Gasteiger partial charge in [0.1, 0.15) is 6.04 Å². The summed E-state index contributed by atoms with van der Waals surface area (Å²) in [4.78, 5) is 51.0. The summed E-state index contributed by atoms with van der Waals surface area (Å²) in [5.74, 6) is -1.37. The topological polar surface area (TPSA) is 101 Å². The molecule has 1 fully saturated rings. The van der Waals surface area contributed by atoms with Crippen molar-refractivity contribution < 1.29 is 19.2 Å². The van der Waals surface area contributed by atoms with E-state index in [1.54, 1.807) is 7.05 Å². The molecule has 1 rings (SSSR count). The van der Waals surface area contributed by atoms with Crippen LogP contribution < -0.4 is 5.73 Å². The second-order valence-corrected chi connectivity index (χ2v) is 9.35. The standard InChI is InChI=1S/C19H33N3O4S/c1-12(2)16(17(20)25)21(5)14(23)9-7-6-8-10-22-15(24)11-13(18(22)26)19(3,4)27/h12-13,16,27H,6-11H2,1-5H3,(H2,20,25). The summed E-state index contributed by atoms with van der Waals surface area (Å²) in [5, 5.41) is 0. The van der Waals surface area contributed by atoms with Crippen LogP contribution in [-0.2, 0) is 19.2 Å². The Bertz CT molecular complexity index is 586. The molecule has 27 heavy (non-hydrogen) atoms. The third kappa shape index (κ3) is 6.23. The number of rotatable bonds is 10. The Kier molecular flexibility index (Phi) is 8.32. The number of hydrogen-bond acceptors (Lipinski definition) is 5. The Morgan fingerprint density at radius 1 is 1.26 bits per heavy atom. The van der Waals surface area contributed by atoms with E-state index in [2.05, 4.69) is 12.6 Å². The van der Waals surface area contributed by atoms with Crippen LogP contribution >= 0.6 is 12.6 Å². The fourth-order valence-corrected chi connectivity index (χ4v) is 3.69. The van der Waals surface area contributed by atoms with Gasteiger partial charge in [-0.3, -0.25) is 24.1 Å². The number of likely N-dealkylation sites (N-methyl/N-ethyl adjacent to an activating group) is 1. The zero-order valence-corrected chi connectivity index (χ0v) is 17.9. The van der Waals surface area contributed by atoms with E-state index >= 15 is 0 Å². The van der Waals surface area contributed by atoms with Gasteiger partial charge in [-0.25, -0.2) is 0 Å². The number of thiol groups is 1. The fourth-order valence-electron chi connectivity index (χ4n) is 3.49. The summed E-state index contributed by atoms with van der Waals surface area (Å²) in [7, 11) is 1.60. The zero-order chi connectivity index (χ0) is 20.9. The first kappa shape index (κ1) is 23.5. The first-order valence-corrected chi connectivity index (χ1v) is 9.94. The van der Waals surface area contributed by atoms with E-state index in [1.165, 1.54) is 9.80 Å². The Hall–Kier alpha value is -1.57. The molecule has 1 heterocycles. The molecule has 1 aliphatic rings. The number of nitrogens with zero attached hydrogens (tertiary/aromatic N) is 2. The number of hydrogen-bond donors (Lipinski definition) is 2. The molecule has 2 atom stereocenters. The van der Waals surface area contributed by atoms with E-state index in [0.717, 1.165) is 0 Å². The molecule has 0 bridgehead atoms. The van der Waals surface area contributed by atoms with Crippen molar-refractivity contribution in [2.24, 2.45) is 17.6 Å². The highest BCUT2D eigenvalue weighted by molar-refractivity contribution is 7.81. The van der Waals surface area contributed by atoms with Crippen molar-refractivity contribution in [3.63, 3.8) is 0 Å². The second kappa shape index (κ2) is 9.57. The summed E-state index contributed by atoms with van der Waals surface area (Å²) in [6.45, 7) is 7.76. The van der Waals surface area contributed by atoms with Crippen molar-refractivity contribution >= 4 is 36.3 Å². The van der Waals surface area contributed by atoms with Crippen molar-refractivity contribution in [3.8, 4) is 0 Å². The molecule has 0 aliphatic carbocycles. The highest BCUT2D eigenvalue weighted by atomic mass is 32.1. The molecular formula is C19H33N3O4S. The van der Waals surface area contributed by atoms with Gasteiger partial charge in [-0.1, -0.05) is 34.1 Å². The number of unbranched alkanes of at least 4 members (excludes halogenated alkanes) is 2. The highest BCUT2D eigenvalue weighted by Crippen LogP contribution is 2.33. The summed E-state index contributed by atoms with van der Waals surface area (Å²) in [6, 6.07) is -0.612. The van der Waals surface area contributed by atoms with Crippen LogP contribution in [0, 0.1) is 11.8 Å². The van der Waals surface area contributed by atoms with E-state index in [1.807, 2.05) is 27.7 Å². The maximum Gasteiger partial charge on any atom is 0.240 e. The lowest BCUT2D eigenvalue weighted by Crippen LogP contribution is -2.48. The minimum Gasteiger partial charge on any atom is -0.368 e. The van der Waals surface area contributed by atoms with Crippen molar-refractivity contribution in [3.05, 3.63) is 0 Å². The molecule has 0 aromatic rings. The van der Waals surface area contributed by atoms with Gasteiger partial charge in [0.05, 0.1) is 5.92 Å². The molecule has 1 saturated heterocycles. The van der Waals surface area contributed by atoms with Gasteiger partial charge < -0.3 is 10.6 Å². The highest BCUT2D eigenvalue weighted by Gasteiger charge is 2.44. The Balaban J connectivity index is 2.41. The van der Waals surface area contributed by atoms with Crippen LogP contribution in [0.1, 0.15) is 59.8 Å². The van der Waals surface area contributed by atoms with Crippen molar-refractivity contribution in [1.29, 1.82) is 0 Å². The number of carbonyl (C=O) groups excluding carboxylic acids is 4. The van der Waals surface area contributed by atoms with E-state index in [9.17, 15) is 19.2 Å². The van der Waals surface area contributed by atoms with Crippen LogP contribution in [0.3, 0.4) is 0 Å². The Morgan fingerprint density at radius 3 is 2.30 bits per heavy atom. The third-order valence-corrected chi connectivity index (χ3v) is 5.41. The lowest BCUT2D eigenvalue weighted by atomic mass is 9.93. The molecular weight excluding hydrogens is 366 g/mol. The normalized spacial score (nSPS) is 18.9. The minimum absolute atomic E-state index is 0.0485. The molecule has 0 radical (unpaired) electrons. The van der Waals surface area contributed by atoms with Crippen LogP contribution in [-0.4, -0.2) is 57.8 Å². The van der Waals surface area contributed by atoms with Crippen molar-refractivity contribution in [1.82, 2.24) is 9.80 Å². The summed E-state index contributed by atoms with van der Waals surface area (Å²) in [6.07, 6.45) is 2.51. The van der Waals surface area contributed by atoms with E-state index < -0.39 is 16.7 Å². The van der Waals surface area contributed by atoms with E-state index in [0.29, 0.717) is 32.2 Å². The van der Waals surface area contributed by atoms with Gasteiger partial charge in [-0.05, 0) is 18.8 Å². The zero-order valence-electron chi connectivity index (χ0n) is 17.0. The van der Waals surface area contributed by atoms with Gasteiger partial charge >= 0.3 is 0 Å². The predicted octanol–water partition coefficient (Wildman–Crippen LogP) is 1.60. The first-order chi connectivity index (χ1) is 12.4. The summed E-state index contributed by atoms with van der Waals surface area (Å²) >= 11 is 4.43. The number of primary amides is 1. The monoisotopic (exact) mass is 399 g/mol. The molecule has 2 N–H and O–H groups in total. The van der Waals surface area contributed by atoms with Gasteiger partial charge in [0, 0.05) is 31.2 Å².